The molecule has 2 rings (SSSR count). The zero-order chi connectivity index (χ0) is 10.8. The lowest BCUT2D eigenvalue weighted by Gasteiger charge is -2.18. The molecule has 0 spiro atoms. The van der Waals surface area contributed by atoms with Crippen molar-refractivity contribution in [3.8, 4) is 0 Å². The van der Waals surface area contributed by atoms with E-state index in [0.717, 1.165) is 23.9 Å². The number of hydrogen-bond acceptors (Lipinski definition) is 2. The van der Waals surface area contributed by atoms with Crippen LogP contribution < -0.4 is 4.90 Å². The van der Waals surface area contributed by atoms with Gasteiger partial charge in [0.05, 0.1) is 5.02 Å². The zero-order valence-electron chi connectivity index (χ0n) is 9.33. The molecule has 0 aliphatic carbocycles. The largest absolute Gasteiger partial charge is 0.355 e. The Balaban J connectivity index is 2.25. The highest BCUT2D eigenvalue weighted by Gasteiger charge is 2.16. The molecule has 1 aliphatic heterocycles. The van der Waals surface area contributed by atoms with Crippen molar-refractivity contribution in [2.75, 3.05) is 18.0 Å². The smallest absolute Gasteiger partial charge is 0.147 e. The summed E-state index contributed by atoms with van der Waals surface area (Å²) in [7, 11) is 0. The Hall–Kier alpha value is -0.760. The molecule has 0 atom stereocenters. The minimum absolute atomic E-state index is 0.489. The van der Waals surface area contributed by atoms with Gasteiger partial charge in [-0.15, -0.1) is 0 Å². The highest BCUT2D eigenvalue weighted by molar-refractivity contribution is 6.33. The summed E-state index contributed by atoms with van der Waals surface area (Å²) in [6.45, 7) is 6.49. The van der Waals surface area contributed by atoms with Crippen molar-refractivity contribution in [3.05, 3.63) is 22.8 Å². The van der Waals surface area contributed by atoms with Gasteiger partial charge in [0, 0.05) is 19.3 Å². The Morgan fingerprint density at radius 3 is 2.53 bits per heavy atom. The summed E-state index contributed by atoms with van der Waals surface area (Å²) >= 11 is 6.25. The molecule has 0 saturated carbocycles. The lowest BCUT2D eigenvalue weighted by molar-refractivity contribution is 0.851. The van der Waals surface area contributed by atoms with Crippen molar-refractivity contribution in [1.29, 1.82) is 0 Å². The third kappa shape index (κ3) is 2.25. The lowest BCUT2D eigenvalue weighted by atomic mass is 10.1. The van der Waals surface area contributed by atoms with Gasteiger partial charge in [0.1, 0.15) is 5.82 Å². The van der Waals surface area contributed by atoms with Crippen LogP contribution in [-0.2, 0) is 0 Å². The first-order valence-corrected chi connectivity index (χ1v) is 5.96. The predicted molar refractivity (Wildman–Crippen MR) is 64.8 cm³/mol. The molecule has 2 heterocycles. The number of rotatable bonds is 2. The second-order valence-corrected chi connectivity index (χ2v) is 4.83. The van der Waals surface area contributed by atoms with Gasteiger partial charge in [0.25, 0.3) is 0 Å². The molecule has 1 fully saturated rings. The molecule has 0 unspecified atom stereocenters. The summed E-state index contributed by atoms with van der Waals surface area (Å²) < 4.78 is 0. The summed E-state index contributed by atoms with van der Waals surface area (Å²) in [5.41, 5.74) is 1.21. The van der Waals surface area contributed by atoms with Gasteiger partial charge in [-0.05, 0) is 30.4 Å². The molecule has 82 valence electrons. The van der Waals surface area contributed by atoms with Crippen molar-refractivity contribution >= 4 is 17.4 Å². The average molecular weight is 225 g/mol. The number of pyridine rings is 1. The van der Waals surface area contributed by atoms with Crippen molar-refractivity contribution in [3.63, 3.8) is 0 Å². The third-order valence-electron chi connectivity index (χ3n) is 2.92. The Kier molecular flexibility index (Phi) is 3.15. The fourth-order valence-corrected chi connectivity index (χ4v) is 2.22. The molecule has 15 heavy (non-hydrogen) atoms. The Morgan fingerprint density at radius 1 is 1.33 bits per heavy atom. The van der Waals surface area contributed by atoms with Gasteiger partial charge in [-0.25, -0.2) is 4.98 Å². The summed E-state index contributed by atoms with van der Waals surface area (Å²) in [5, 5.41) is 0.795. The van der Waals surface area contributed by atoms with E-state index in [2.05, 4.69) is 23.7 Å². The minimum atomic E-state index is 0.489. The van der Waals surface area contributed by atoms with Gasteiger partial charge < -0.3 is 4.90 Å². The summed E-state index contributed by atoms with van der Waals surface area (Å²) in [6.07, 6.45) is 4.46. The van der Waals surface area contributed by atoms with Gasteiger partial charge in [0.15, 0.2) is 0 Å². The fraction of sp³-hybridized carbons (Fsp3) is 0.583. The molecule has 0 aromatic carbocycles. The SMILES string of the molecule is CC(C)c1cnc(N2CCCC2)c(Cl)c1. The van der Waals surface area contributed by atoms with E-state index in [-0.39, 0.29) is 0 Å². The molecular weight excluding hydrogens is 208 g/mol. The molecule has 0 bridgehead atoms. The van der Waals surface area contributed by atoms with Gasteiger partial charge in [-0.3, -0.25) is 0 Å². The monoisotopic (exact) mass is 224 g/mol. The van der Waals surface area contributed by atoms with Crippen LogP contribution in [0.1, 0.15) is 38.2 Å². The molecule has 1 aliphatic rings. The lowest BCUT2D eigenvalue weighted by Crippen LogP contribution is -2.19. The van der Waals surface area contributed by atoms with Crippen LogP contribution in [0.25, 0.3) is 0 Å². The summed E-state index contributed by atoms with van der Waals surface area (Å²) in [6, 6.07) is 2.05. The second-order valence-electron chi connectivity index (χ2n) is 4.42. The minimum Gasteiger partial charge on any atom is -0.355 e. The second kappa shape index (κ2) is 4.40. The van der Waals surface area contributed by atoms with E-state index in [9.17, 15) is 0 Å². The maximum Gasteiger partial charge on any atom is 0.147 e. The maximum absolute atomic E-state index is 6.25. The first kappa shape index (κ1) is 10.7. The van der Waals surface area contributed by atoms with E-state index >= 15 is 0 Å². The van der Waals surface area contributed by atoms with Crippen LogP contribution >= 0.6 is 11.6 Å². The normalized spacial score (nSPS) is 16.4. The molecule has 1 saturated heterocycles. The van der Waals surface area contributed by atoms with E-state index < -0.39 is 0 Å². The molecule has 1 aromatic rings. The molecule has 1 aromatic heterocycles. The van der Waals surface area contributed by atoms with E-state index in [1.807, 2.05) is 12.3 Å². The molecule has 2 nitrogen and oxygen atoms in total. The zero-order valence-corrected chi connectivity index (χ0v) is 10.1. The van der Waals surface area contributed by atoms with Crippen LogP contribution in [-0.4, -0.2) is 18.1 Å². The number of anilines is 1. The first-order chi connectivity index (χ1) is 7.18. The Labute approximate surface area is 96.3 Å². The number of halogens is 1. The molecule has 3 heteroatoms. The Morgan fingerprint density at radius 2 is 2.00 bits per heavy atom. The van der Waals surface area contributed by atoms with Crippen LogP contribution in [0.2, 0.25) is 5.02 Å². The first-order valence-electron chi connectivity index (χ1n) is 5.59. The predicted octanol–water partition coefficient (Wildman–Crippen LogP) is 3.46. The topological polar surface area (TPSA) is 16.1 Å². The van der Waals surface area contributed by atoms with Crippen molar-refractivity contribution < 1.29 is 0 Å². The van der Waals surface area contributed by atoms with Gasteiger partial charge in [0.2, 0.25) is 0 Å². The molecule has 0 N–H and O–H groups in total. The van der Waals surface area contributed by atoms with E-state index in [1.165, 1.54) is 18.4 Å². The summed E-state index contributed by atoms with van der Waals surface area (Å²) in [4.78, 5) is 6.75. The number of aromatic nitrogens is 1. The van der Waals surface area contributed by atoms with Crippen molar-refractivity contribution in [1.82, 2.24) is 4.98 Å². The van der Waals surface area contributed by atoms with Crippen LogP contribution in [0.5, 0.6) is 0 Å². The maximum atomic E-state index is 6.25. The third-order valence-corrected chi connectivity index (χ3v) is 3.19. The fourth-order valence-electron chi connectivity index (χ4n) is 1.92. The van der Waals surface area contributed by atoms with E-state index in [1.54, 1.807) is 0 Å². The van der Waals surface area contributed by atoms with Crippen LogP contribution in [0.15, 0.2) is 12.3 Å². The van der Waals surface area contributed by atoms with E-state index in [4.69, 9.17) is 11.6 Å². The average Bonchev–Trinajstić information content (AvgIpc) is 2.70. The standard InChI is InChI=1S/C12H17ClN2/c1-9(2)10-7-11(13)12(14-8-10)15-5-3-4-6-15/h7-9H,3-6H2,1-2H3. The molecular formula is C12H17ClN2. The Bertz CT molecular complexity index is 343. The van der Waals surface area contributed by atoms with Crippen LogP contribution in [0.4, 0.5) is 5.82 Å². The van der Waals surface area contributed by atoms with Crippen molar-refractivity contribution in [2.45, 2.75) is 32.6 Å². The highest BCUT2D eigenvalue weighted by atomic mass is 35.5. The van der Waals surface area contributed by atoms with Gasteiger partial charge in [-0.2, -0.15) is 0 Å². The number of hydrogen-bond donors (Lipinski definition) is 0. The van der Waals surface area contributed by atoms with E-state index in [0.29, 0.717) is 5.92 Å². The quantitative estimate of drug-likeness (QED) is 0.765. The van der Waals surface area contributed by atoms with Crippen LogP contribution in [0, 0.1) is 0 Å². The molecule has 0 amide bonds. The highest BCUT2D eigenvalue weighted by Crippen LogP contribution is 2.28. The van der Waals surface area contributed by atoms with Gasteiger partial charge in [-0.1, -0.05) is 25.4 Å². The summed E-state index contributed by atoms with van der Waals surface area (Å²) in [5.74, 6) is 1.45. The number of nitrogens with zero attached hydrogens (tertiary/aromatic N) is 2. The van der Waals surface area contributed by atoms with Gasteiger partial charge >= 0.3 is 0 Å². The van der Waals surface area contributed by atoms with Crippen molar-refractivity contribution in [2.24, 2.45) is 0 Å². The van der Waals surface area contributed by atoms with Crippen LogP contribution in [0.3, 0.4) is 0 Å². The molecule has 0 radical (unpaired) electrons.